The Morgan fingerprint density at radius 2 is 2.60 bits per heavy atom. The molecule has 28 valence electrons. The zero-order chi connectivity index (χ0) is 4.12. The summed E-state index contributed by atoms with van der Waals surface area (Å²) in [6.45, 7) is 5.47. The smallest absolute Gasteiger partial charge is 0.00752 e. The van der Waals surface area contributed by atoms with Gasteiger partial charge in [-0.15, -0.1) is 6.58 Å². The lowest BCUT2D eigenvalue weighted by molar-refractivity contribution is 1.15. The van der Waals surface area contributed by atoms with Gasteiger partial charge in [0.2, 0.25) is 0 Å². The molecule has 0 saturated carbocycles. The van der Waals surface area contributed by atoms with Crippen LogP contribution in [0.4, 0.5) is 0 Å². The Kier molecular flexibility index (Phi) is 3.55. The lowest BCUT2D eigenvalue weighted by Gasteiger charge is -1.71. The Hall–Kier alpha value is -0.260. The quantitative estimate of drug-likeness (QED) is 0.461. The number of hydrogen-bond acceptors (Lipinski definition) is 0. The van der Waals surface area contributed by atoms with E-state index in [1.54, 1.807) is 6.08 Å². The van der Waals surface area contributed by atoms with Crippen LogP contribution >= 0.6 is 0 Å². The third kappa shape index (κ3) is 3.74. The van der Waals surface area contributed by atoms with Crippen LogP contribution in [0, 0.1) is 6.42 Å². The van der Waals surface area contributed by atoms with Crippen molar-refractivity contribution in [3.63, 3.8) is 0 Å². The van der Waals surface area contributed by atoms with Crippen LogP contribution < -0.4 is 0 Å². The predicted octanol–water partition coefficient (Wildman–Crippen LogP) is 1.66. The lowest BCUT2D eigenvalue weighted by atomic mass is 10.3. The van der Waals surface area contributed by atoms with Gasteiger partial charge in [0, 0.05) is 6.42 Å². The summed E-state index contributed by atoms with van der Waals surface area (Å²) < 4.78 is 0. The highest BCUT2D eigenvalue weighted by Gasteiger charge is 1.63. The molecule has 0 aliphatic rings. The molecule has 0 aromatic carbocycles. The second-order valence-electron chi connectivity index (χ2n) is 0.762. The van der Waals surface area contributed by atoms with Gasteiger partial charge in [0.05, 0.1) is 0 Å². The van der Waals surface area contributed by atoms with Gasteiger partial charge < -0.3 is 0 Å². The van der Waals surface area contributed by atoms with Gasteiger partial charge in [-0.05, 0) is 6.42 Å². The van der Waals surface area contributed by atoms with E-state index in [1.165, 1.54) is 0 Å². The summed E-state index contributed by atoms with van der Waals surface area (Å²) in [4.78, 5) is 0. The maximum absolute atomic E-state index is 3.44. The van der Waals surface area contributed by atoms with Crippen LogP contribution in [-0.2, 0) is 0 Å². The number of hydrogen-bond donors (Lipinski definition) is 0. The van der Waals surface area contributed by atoms with E-state index in [0.717, 1.165) is 6.42 Å². The average Bonchev–Trinajstić information content (AvgIpc) is 1.41. The van der Waals surface area contributed by atoms with Gasteiger partial charge in [0.1, 0.15) is 0 Å². The van der Waals surface area contributed by atoms with E-state index < -0.39 is 0 Å². The first kappa shape index (κ1) is 4.74. The van der Waals surface area contributed by atoms with Gasteiger partial charge in [-0.1, -0.05) is 13.0 Å². The monoisotopic (exact) mass is 68.1 g/mol. The summed E-state index contributed by atoms with van der Waals surface area (Å²) >= 11 is 0. The SMILES string of the molecule is C=C[C]CC. The zero-order valence-electron chi connectivity index (χ0n) is 3.49. The molecule has 0 N–H and O–H groups in total. The fourth-order valence-electron chi connectivity index (χ4n) is 0.144. The first-order valence-electron chi connectivity index (χ1n) is 1.76. The van der Waals surface area contributed by atoms with Crippen molar-refractivity contribution in [2.75, 3.05) is 0 Å². The molecule has 0 fully saturated rings. The fourth-order valence-corrected chi connectivity index (χ4v) is 0.144. The number of unbranched alkanes of at least 4 members (excludes halogenated alkanes) is 1. The van der Waals surface area contributed by atoms with Gasteiger partial charge in [-0.2, -0.15) is 0 Å². The first-order chi connectivity index (χ1) is 2.41. The van der Waals surface area contributed by atoms with E-state index in [0.29, 0.717) is 0 Å². The third-order valence-corrected chi connectivity index (χ3v) is 0.348. The maximum Gasteiger partial charge on any atom is 0.00752 e. The number of rotatable bonds is 2. The van der Waals surface area contributed by atoms with E-state index in [1.807, 2.05) is 6.92 Å². The highest BCUT2D eigenvalue weighted by Crippen LogP contribution is 1.79. The Balaban J connectivity index is 2.40. The predicted molar refractivity (Wildman–Crippen MR) is 23.7 cm³/mol. The van der Waals surface area contributed by atoms with Crippen molar-refractivity contribution < 1.29 is 0 Å². The van der Waals surface area contributed by atoms with Crippen LogP contribution in [0.25, 0.3) is 0 Å². The summed E-state index contributed by atoms with van der Waals surface area (Å²) in [7, 11) is 0. The highest BCUT2D eigenvalue weighted by molar-refractivity contribution is 4.83. The van der Waals surface area contributed by atoms with Crippen LogP contribution in [0.3, 0.4) is 0 Å². The van der Waals surface area contributed by atoms with Gasteiger partial charge in [0.25, 0.3) is 0 Å². The molecule has 0 unspecified atom stereocenters. The van der Waals surface area contributed by atoms with Gasteiger partial charge >= 0.3 is 0 Å². The Morgan fingerprint density at radius 1 is 2.00 bits per heavy atom. The van der Waals surface area contributed by atoms with Crippen molar-refractivity contribution in [2.45, 2.75) is 13.3 Å². The molecule has 0 nitrogen and oxygen atoms in total. The molecule has 0 heteroatoms. The van der Waals surface area contributed by atoms with Gasteiger partial charge in [-0.25, -0.2) is 0 Å². The highest BCUT2D eigenvalue weighted by atomic mass is 13.7. The summed E-state index contributed by atoms with van der Waals surface area (Å²) in [5.74, 6) is 0. The summed E-state index contributed by atoms with van der Waals surface area (Å²) in [6, 6.07) is 0. The van der Waals surface area contributed by atoms with E-state index >= 15 is 0 Å². The van der Waals surface area contributed by atoms with Crippen LogP contribution in [0.5, 0.6) is 0 Å². The molecule has 2 radical (unpaired) electrons. The largest absolute Gasteiger partial charge is 0.102 e. The minimum Gasteiger partial charge on any atom is -0.102 e. The summed E-state index contributed by atoms with van der Waals surface area (Å²) in [6.07, 6.45) is 5.53. The molecular weight excluding hydrogens is 60.1 g/mol. The molecular formula is C5H8. The Morgan fingerprint density at radius 3 is 2.60 bits per heavy atom. The van der Waals surface area contributed by atoms with Gasteiger partial charge in [0.15, 0.2) is 0 Å². The average molecular weight is 68.1 g/mol. The molecule has 0 rings (SSSR count). The normalized spacial score (nSPS) is 7.40. The third-order valence-electron chi connectivity index (χ3n) is 0.348. The molecule has 0 bridgehead atoms. The Labute approximate surface area is 33.5 Å². The molecule has 0 aliphatic carbocycles. The van der Waals surface area contributed by atoms with E-state index in [9.17, 15) is 0 Å². The lowest BCUT2D eigenvalue weighted by Crippen LogP contribution is -1.54. The zero-order valence-corrected chi connectivity index (χ0v) is 3.49. The minimum absolute atomic E-state index is 0.976. The van der Waals surface area contributed by atoms with E-state index in [-0.39, 0.29) is 0 Å². The molecule has 0 spiro atoms. The van der Waals surface area contributed by atoms with Crippen LogP contribution in [0.2, 0.25) is 0 Å². The van der Waals surface area contributed by atoms with Crippen molar-refractivity contribution in [2.24, 2.45) is 0 Å². The molecule has 5 heavy (non-hydrogen) atoms. The second kappa shape index (κ2) is 3.74. The van der Waals surface area contributed by atoms with Crippen molar-refractivity contribution in [3.8, 4) is 0 Å². The van der Waals surface area contributed by atoms with E-state index in [2.05, 4.69) is 13.0 Å². The number of allylic oxidation sites excluding steroid dienone is 1. The topological polar surface area (TPSA) is 0 Å². The van der Waals surface area contributed by atoms with Crippen molar-refractivity contribution in [3.05, 3.63) is 19.1 Å². The maximum atomic E-state index is 3.44. The molecule has 0 aromatic heterocycles. The molecule has 0 atom stereocenters. The molecule has 0 heterocycles. The minimum atomic E-state index is 0.976. The first-order valence-corrected chi connectivity index (χ1v) is 1.76. The van der Waals surface area contributed by atoms with E-state index in [4.69, 9.17) is 0 Å². The standard InChI is InChI=1S/C5H8/c1-3-5-4-2/h3H,1,4H2,2H3. The molecule has 0 aliphatic heterocycles. The van der Waals surface area contributed by atoms with Crippen LogP contribution in [0.1, 0.15) is 13.3 Å². The molecule has 0 amide bonds. The van der Waals surface area contributed by atoms with Crippen molar-refractivity contribution in [1.82, 2.24) is 0 Å². The van der Waals surface area contributed by atoms with Crippen LogP contribution in [-0.4, -0.2) is 0 Å². The van der Waals surface area contributed by atoms with Crippen molar-refractivity contribution in [1.29, 1.82) is 0 Å². The molecule has 0 aromatic rings. The molecule has 0 saturated heterocycles. The summed E-state index contributed by atoms with van der Waals surface area (Å²) in [5, 5.41) is 0. The van der Waals surface area contributed by atoms with Gasteiger partial charge in [-0.3, -0.25) is 0 Å². The van der Waals surface area contributed by atoms with Crippen LogP contribution in [0.15, 0.2) is 12.7 Å². The van der Waals surface area contributed by atoms with Crippen molar-refractivity contribution >= 4 is 0 Å². The summed E-state index contributed by atoms with van der Waals surface area (Å²) in [5.41, 5.74) is 0. The second-order valence-corrected chi connectivity index (χ2v) is 0.762. The fraction of sp³-hybridized carbons (Fsp3) is 0.400. The Bertz CT molecular complexity index is 21.2.